The number of hydrogen-bond donors (Lipinski definition) is 1. The third kappa shape index (κ3) is 3.37. The zero-order chi connectivity index (χ0) is 12.1. The zero-order valence-corrected chi connectivity index (χ0v) is 12.1. The van der Waals surface area contributed by atoms with Gasteiger partial charge >= 0.3 is 0 Å². The molecular formula is C13H15BrN2S. The Labute approximate surface area is 114 Å². The predicted octanol–water partition coefficient (Wildman–Crippen LogP) is 3.80. The van der Waals surface area contributed by atoms with E-state index < -0.39 is 0 Å². The van der Waals surface area contributed by atoms with Gasteiger partial charge in [0.2, 0.25) is 0 Å². The average Bonchev–Trinajstić information content (AvgIpc) is 2.85. The average molecular weight is 311 g/mol. The molecule has 1 aromatic heterocycles. The van der Waals surface area contributed by atoms with Crippen molar-refractivity contribution in [2.24, 2.45) is 0 Å². The van der Waals surface area contributed by atoms with Crippen LogP contribution in [0.2, 0.25) is 0 Å². The van der Waals surface area contributed by atoms with Gasteiger partial charge in [0.25, 0.3) is 0 Å². The van der Waals surface area contributed by atoms with Crippen LogP contribution < -0.4 is 5.32 Å². The van der Waals surface area contributed by atoms with Crippen LogP contribution in [-0.4, -0.2) is 11.5 Å². The first kappa shape index (κ1) is 12.7. The van der Waals surface area contributed by atoms with E-state index in [0.717, 1.165) is 13.0 Å². The Kier molecular flexibility index (Phi) is 4.71. The molecule has 2 aromatic rings. The third-order valence-electron chi connectivity index (χ3n) is 2.63. The molecular weight excluding hydrogens is 296 g/mol. The van der Waals surface area contributed by atoms with Gasteiger partial charge in [0.1, 0.15) is 0 Å². The minimum absolute atomic E-state index is 0.353. The molecule has 2 nitrogen and oxygen atoms in total. The minimum Gasteiger partial charge on any atom is -0.309 e. The molecule has 0 amide bonds. The summed E-state index contributed by atoms with van der Waals surface area (Å²) in [6.45, 7) is 3.10. The summed E-state index contributed by atoms with van der Waals surface area (Å²) in [5, 5.41) is 3.51. The van der Waals surface area contributed by atoms with Crippen molar-refractivity contribution in [1.82, 2.24) is 10.3 Å². The highest BCUT2D eigenvalue weighted by molar-refractivity contribution is 9.10. The van der Waals surface area contributed by atoms with E-state index in [1.165, 1.54) is 14.9 Å². The lowest BCUT2D eigenvalue weighted by atomic mass is 10.1. The van der Waals surface area contributed by atoms with E-state index in [0.29, 0.717) is 6.04 Å². The number of nitrogens with one attached hydrogen (secondary N) is 1. The van der Waals surface area contributed by atoms with Gasteiger partial charge in [-0.1, -0.05) is 41.1 Å². The third-order valence-corrected chi connectivity index (χ3v) is 4.29. The summed E-state index contributed by atoms with van der Waals surface area (Å²) in [6, 6.07) is 8.73. The lowest BCUT2D eigenvalue weighted by Gasteiger charge is -2.16. The van der Waals surface area contributed by atoms with Crippen molar-refractivity contribution in [3.8, 4) is 0 Å². The summed E-state index contributed by atoms with van der Waals surface area (Å²) in [4.78, 5) is 5.45. The molecule has 17 heavy (non-hydrogen) atoms. The van der Waals surface area contributed by atoms with E-state index in [1.54, 1.807) is 11.3 Å². The first-order valence-corrected chi connectivity index (χ1v) is 7.33. The molecule has 0 saturated heterocycles. The number of benzene rings is 1. The fourth-order valence-electron chi connectivity index (χ4n) is 1.80. The molecule has 4 heteroatoms. The fraction of sp³-hybridized carbons (Fsp3) is 0.308. The number of halogens is 1. The van der Waals surface area contributed by atoms with Gasteiger partial charge in [0.05, 0.1) is 5.51 Å². The Bertz CT molecular complexity index is 456. The molecule has 1 unspecified atom stereocenters. The summed E-state index contributed by atoms with van der Waals surface area (Å²) in [6.07, 6.45) is 2.94. The molecule has 1 N–H and O–H groups in total. The van der Waals surface area contributed by atoms with Crippen molar-refractivity contribution in [2.45, 2.75) is 19.4 Å². The zero-order valence-electron chi connectivity index (χ0n) is 9.69. The molecule has 0 fully saturated rings. The number of likely N-dealkylation sites (N-methyl/N-ethyl adjacent to an activating group) is 1. The number of aromatic nitrogens is 1. The van der Waals surface area contributed by atoms with Crippen LogP contribution >= 0.6 is 27.3 Å². The molecule has 0 aliphatic rings. The number of rotatable bonds is 5. The largest absolute Gasteiger partial charge is 0.309 e. The molecule has 1 atom stereocenters. The molecule has 90 valence electrons. The number of nitrogens with zero attached hydrogens (tertiary/aromatic N) is 1. The van der Waals surface area contributed by atoms with Crippen molar-refractivity contribution < 1.29 is 0 Å². The van der Waals surface area contributed by atoms with Crippen LogP contribution in [0.15, 0.2) is 40.4 Å². The summed E-state index contributed by atoms with van der Waals surface area (Å²) < 4.78 is 1.17. The number of thiazole rings is 1. The van der Waals surface area contributed by atoms with E-state index in [9.17, 15) is 0 Å². The van der Waals surface area contributed by atoms with Crippen molar-refractivity contribution in [3.63, 3.8) is 0 Å². The van der Waals surface area contributed by atoms with Gasteiger partial charge in [-0.15, -0.1) is 11.3 Å². The molecule has 0 saturated carbocycles. The Balaban J connectivity index is 2.16. The van der Waals surface area contributed by atoms with Gasteiger partial charge in [-0.2, -0.15) is 0 Å². The molecule has 0 aliphatic carbocycles. The maximum atomic E-state index is 4.16. The van der Waals surface area contributed by atoms with Crippen LogP contribution in [0, 0.1) is 0 Å². The van der Waals surface area contributed by atoms with Gasteiger partial charge < -0.3 is 5.32 Å². The highest BCUT2D eigenvalue weighted by Gasteiger charge is 2.13. The molecule has 1 aromatic carbocycles. The van der Waals surface area contributed by atoms with E-state index in [-0.39, 0.29) is 0 Å². The first-order chi connectivity index (χ1) is 8.31. The predicted molar refractivity (Wildman–Crippen MR) is 76.4 cm³/mol. The normalized spacial score (nSPS) is 12.6. The first-order valence-electron chi connectivity index (χ1n) is 5.66. The lowest BCUT2D eigenvalue weighted by molar-refractivity contribution is 0.556. The van der Waals surface area contributed by atoms with Gasteiger partial charge in [0, 0.05) is 21.6 Å². The van der Waals surface area contributed by atoms with Gasteiger partial charge in [0.15, 0.2) is 0 Å². The van der Waals surface area contributed by atoms with Crippen molar-refractivity contribution >= 4 is 27.3 Å². The van der Waals surface area contributed by atoms with Crippen LogP contribution in [-0.2, 0) is 6.42 Å². The van der Waals surface area contributed by atoms with Crippen LogP contribution in [0.4, 0.5) is 0 Å². The highest BCUT2D eigenvalue weighted by Crippen LogP contribution is 2.25. The monoisotopic (exact) mass is 310 g/mol. The smallest absolute Gasteiger partial charge is 0.0794 e. The van der Waals surface area contributed by atoms with E-state index in [2.05, 4.69) is 51.4 Å². The fourth-order valence-corrected chi connectivity index (χ4v) is 2.94. The molecule has 2 rings (SSSR count). The summed E-state index contributed by atoms with van der Waals surface area (Å²) in [5.74, 6) is 0. The standard InChI is InChI=1S/C13H15BrN2S/c1-2-16-12(13-8-15-9-17-13)7-10-5-3-4-6-11(10)14/h3-6,8-9,12,16H,2,7H2,1H3. The van der Waals surface area contributed by atoms with E-state index in [1.807, 2.05) is 17.8 Å². The second kappa shape index (κ2) is 6.28. The minimum atomic E-state index is 0.353. The molecule has 1 heterocycles. The Hall–Kier alpha value is -0.710. The Morgan fingerprint density at radius 1 is 1.41 bits per heavy atom. The van der Waals surface area contributed by atoms with E-state index in [4.69, 9.17) is 0 Å². The van der Waals surface area contributed by atoms with Gasteiger partial charge in [-0.05, 0) is 24.6 Å². The molecule has 0 spiro atoms. The van der Waals surface area contributed by atoms with Crippen molar-refractivity contribution in [1.29, 1.82) is 0 Å². The quantitative estimate of drug-likeness (QED) is 0.908. The maximum Gasteiger partial charge on any atom is 0.0794 e. The van der Waals surface area contributed by atoms with Crippen LogP contribution in [0.3, 0.4) is 0 Å². The molecule has 0 aliphatic heterocycles. The number of hydrogen-bond acceptors (Lipinski definition) is 3. The molecule has 0 bridgehead atoms. The van der Waals surface area contributed by atoms with Gasteiger partial charge in [-0.25, -0.2) is 0 Å². The van der Waals surface area contributed by atoms with Crippen molar-refractivity contribution in [3.05, 3.63) is 50.9 Å². The SMILES string of the molecule is CCNC(Cc1ccccc1Br)c1cncs1. The summed E-state index contributed by atoms with van der Waals surface area (Å²) in [5.41, 5.74) is 3.21. The lowest BCUT2D eigenvalue weighted by Crippen LogP contribution is -2.22. The summed E-state index contributed by atoms with van der Waals surface area (Å²) in [7, 11) is 0. The van der Waals surface area contributed by atoms with Gasteiger partial charge in [-0.3, -0.25) is 4.98 Å². The topological polar surface area (TPSA) is 24.9 Å². The van der Waals surface area contributed by atoms with Crippen LogP contribution in [0.1, 0.15) is 23.4 Å². The van der Waals surface area contributed by atoms with Crippen molar-refractivity contribution in [2.75, 3.05) is 6.54 Å². The Morgan fingerprint density at radius 2 is 2.24 bits per heavy atom. The highest BCUT2D eigenvalue weighted by atomic mass is 79.9. The maximum absolute atomic E-state index is 4.16. The second-order valence-electron chi connectivity index (χ2n) is 3.81. The summed E-state index contributed by atoms with van der Waals surface area (Å²) >= 11 is 5.31. The molecule has 0 radical (unpaired) electrons. The van der Waals surface area contributed by atoms with Crippen LogP contribution in [0.25, 0.3) is 0 Å². The van der Waals surface area contributed by atoms with E-state index >= 15 is 0 Å². The van der Waals surface area contributed by atoms with Crippen LogP contribution in [0.5, 0.6) is 0 Å². The second-order valence-corrected chi connectivity index (χ2v) is 5.58. The Morgan fingerprint density at radius 3 is 2.88 bits per heavy atom.